The van der Waals surface area contributed by atoms with E-state index in [1.165, 1.54) is 12.5 Å². The van der Waals surface area contributed by atoms with Crippen LogP contribution >= 0.6 is 0 Å². The van der Waals surface area contributed by atoms with Gasteiger partial charge in [0.25, 0.3) is 0 Å². The molecule has 0 aliphatic carbocycles. The summed E-state index contributed by atoms with van der Waals surface area (Å²) in [5.74, 6) is -4.10. The van der Waals surface area contributed by atoms with Crippen LogP contribution in [0.3, 0.4) is 0 Å². The van der Waals surface area contributed by atoms with Gasteiger partial charge in [-0.25, -0.2) is 9.78 Å². The lowest BCUT2D eigenvalue weighted by Gasteiger charge is -2.24. The molecule has 34 heavy (non-hydrogen) atoms. The van der Waals surface area contributed by atoms with E-state index in [1.807, 2.05) is 0 Å². The van der Waals surface area contributed by atoms with E-state index in [0.29, 0.717) is 5.69 Å². The van der Waals surface area contributed by atoms with Crippen molar-refractivity contribution in [2.45, 2.75) is 43.4 Å². The van der Waals surface area contributed by atoms with Crippen LogP contribution in [0.2, 0.25) is 0 Å². The summed E-state index contributed by atoms with van der Waals surface area (Å²) >= 11 is 0. The van der Waals surface area contributed by atoms with Crippen LogP contribution in [0.4, 0.5) is 0 Å². The highest BCUT2D eigenvalue weighted by molar-refractivity contribution is 5.94. The third-order valence-corrected chi connectivity index (χ3v) is 4.52. The molecule has 16 heteroatoms. The number of aliphatic carboxylic acids is 1. The van der Waals surface area contributed by atoms with Crippen LogP contribution in [0, 0.1) is 0 Å². The lowest BCUT2D eigenvalue weighted by atomic mass is 10.1. The fourth-order valence-corrected chi connectivity index (χ4v) is 2.69. The summed E-state index contributed by atoms with van der Waals surface area (Å²) in [5, 5.41) is 34.7. The monoisotopic (exact) mass is 485 g/mol. The molecule has 0 radical (unpaired) electrons. The SMILES string of the molecule is NC(N)=NCCCC(NC(=O)C(Cc1cnc[nH]1)NC(=O)C(CO)NC(=O)C(N)CO)C(=O)O. The zero-order valence-electron chi connectivity index (χ0n) is 18.3. The summed E-state index contributed by atoms with van der Waals surface area (Å²) in [7, 11) is 0. The Morgan fingerprint density at radius 1 is 1.00 bits per heavy atom. The number of imidazole rings is 1. The number of H-pyrrole nitrogens is 1. The average molecular weight is 486 g/mol. The summed E-state index contributed by atoms with van der Waals surface area (Å²) in [5.41, 5.74) is 16.3. The molecule has 0 saturated heterocycles. The maximum atomic E-state index is 12.9. The first-order valence-corrected chi connectivity index (χ1v) is 10.2. The number of aliphatic imine (C=N–C) groups is 1. The number of nitrogens with zero attached hydrogens (tertiary/aromatic N) is 2. The van der Waals surface area contributed by atoms with Gasteiger partial charge in [0.15, 0.2) is 5.96 Å². The van der Waals surface area contributed by atoms with Crippen molar-refractivity contribution in [3.05, 3.63) is 18.2 Å². The maximum absolute atomic E-state index is 12.9. The second kappa shape index (κ2) is 14.4. The van der Waals surface area contributed by atoms with E-state index in [-0.39, 0.29) is 31.8 Å². The molecule has 1 rings (SSSR count). The van der Waals surface area contributed by atoms with Gasteiger partial charge < -0.3 is 53.5 Å². The maximum Gasteiger partial charge on any atom is 0.326 e. The fourth-order valence-electron chi connectivity index (χ4n) is 2.69. The predicted molar refractivity (Wildman–Crippen MR) is 118 cm³/mol. The van der Waals surface area contributed by atoms with Crippen LogP contribution < -0.4 is 33.2 Å². The number of rotatable bonds is 15. The Balaban J connectivity index is 2.92. The summed E-state index contributed by atoms with van der Waals surface area (Å²) in [4.78, 5) is 59.2. The number of aromatic amines is 1. The normalized spacial score (nSPS) is 14.2. The fraction of sp³-hybridized carbons (Fsp3) is 0.556. The number of guanidine groups is 1. The first-order valence-electron chi connectivity index (χ1n) is 10.2. The quantitative estimate of drug-likeness (QED) is 0.0636. The molecule has 16 nitrogen and oxygen atoms in total. The Hall–Kier alpha value is -3.76. The van der Waals surface area contributed by atoms with Gasteiger partial charge in [-0.15, -0.1) is 0 Å². The van der Waals surface area contributed by atoms with Crippen molar-refractivity contribution in [1.82, 2.24) is 25.9 Å². The molecule has 0 fully saturated rings. The third kappa shape index (κ3) is 9.80. The van der Waals surface area contributed by atoms with E-state index in [4.69, 9.17) is 22.3 Å². The van der Waals surface area contributed by atoms with Crippen LogP contribution in [0.5, 0.6) is 0 Å². The molecule has 4 atom stereocenters. The number of carboxylic acids is 1. The number of carbonyl (C=O) groups excluding carboxylic acids is 3. The van der Waals surface area contributed by atoms with E-state index in [9.17, 15) is 29.4 Å². The largest absolute Gasteiger partial charge is 0.480 e. The van der Waals surface area contributed by atoms with E-state index >= 15 is 0 Å². The zero-order valence-corrected chi connectivity index (χ0v) is 18.3. The average Bonchev–Trinajstić information content (AvgIpc) is 3.30. The van der Waals surface area contributed by atoms with Crippen molar-refractivity contribution >= 4 is 29.7 Å². The number of hydrogen-bond donors (Lipinski definition) is 10. The molecule has 0 saturated carbocycles. The van der Waals surface area contributed by atoms with Crippen LogP contribution in [-0.4, -0.2) is 98.9 Å². The smallest absolute Gasteiger partial charge is 0.326 e. The lowest BCUT2D eigenvalue weighted by Crippen LogP contribution is -2.58. The Kier molecular flexibility index (Phi) is 12.0. The summed E-state index contributed by atoms with van der Waals surface area (Å²) in [6.07, 6.45) is 2.93. The number of nitrogens with two attached hydrogens (primary N) is 3. The van der Waals surface area contributed by atoms with Crippen molar-refractivity contribution in [2.24, 2.45) is 22.2 Å². The minimum Gasteiger partial charge on any atom is -0.480 e. The van der Waals surface area contributed by atoms with E-state index < -0.39 is 61.1 Å². The number of aliphatic hydroxyl groups is 2. The third-order valence-electron chi connectivity index (χ3n) is 4.52. The second-order valence-corrected chi connectivity index (χ2v) is 7.22. The molecule has 0 aliphatic heterocycles. The highest BCUT2D eigenvalue weighted by Crippen LogP contribution is 2.04. The van der Waals surface area contributed by atoms with Crippen LogP contribution in [0.15, 0.2) is 17.5 Å². The second-order valence-electron chi connectivity index (χ2n) is 7.22. The van der Waals surface area contributed by atoms with E-state index in [0.717, 1.165) is 0 Å². The first kappa shape index (κ1) is 28.3. The van der Waals surface area contributed by atoms with Crippen LogP contribution in [-0.2, 0) is 25.6 Å². The molecule has 0 bridgehead atoms. The predicted octanol–water partition coefficient (Wildman–Crippen LogP) is -5.14. The Labute approximate surface area is 194 Å². The molecule has 3 amide bonds. The minimum absolute atomic E-state index is 0.0109. The molecular weight excluding hydrogens is 454 g/mol. The van der Waals surface area contributed by atoms with Gasteiger partial charge in [-0.2, -0.15) is 0 Å². The van der Waals surface area contributed by atoms with Gasteiger partial charge in [0, 0.05) is 24.9 Å². The van der Waals surface area contributed by atoms with E-state index in [2.05, 4.69) is 30.9 Å². The number of aliphatic hydroxyl groups excluding tert-OH is 2. The van der Waals surface area contributed by atoms with E-state index in [1.54, 1.807) is 0 Å². The highest BCUT2D eigenvalue weighted by Gasteiger charge is 2.30. The van der Waals surface area contributed by atoms with Gasteiger partial charge in [0.2, 0.25) is 17.7 Å². The number of carbonyl (C=O) groups is 4. The Bertz CT molecular complexity index is 843. The van der Waals surface area contributed by atoms with Crippen LogP contribution in [0.1, 0.15) is 18.5 Å². The molecular formula is C18H31N9O7. The molecule has 0 aromatic carbocycles. The topological polar surface area (TPSA) is 284 Å². The molecule has 13 N–H and O–H groups in total. The Morgan fingerprint density at radius 3 is 2.15 bits per heavy atom. The molecule has 1 aromatic heterocycles. The molecule has 1 heterocycles. The van der Waals surface area contributed by atoms with Gasteiger partial charge in [-0.3, -0.25) is 19.4 Å². The molecule has 1 aromatic rings. The van der Waals surface area contributed by atoms with Gasteiger partial charge >= 0.3 is 5.97 Å². The molecule has 0 aliphatic rings. The lowest BCUT2D eigenvalue weighted by molar-refractivity contribution is -0.142. The Morgan fingerprint density at radius 2 is 1.62 bits per heavy atom. The summed E-state index contributed by atoms with van der Waals surface area (Å²) in [6.45, 7) is -1.35. The van der Waals surface area contributed by atoms with Crippen LogP contribution in [0.25, 0.3) is 0 Å². The summed E-state index contributed by atoms with van der Waals surface area (Å²) < 4.78 is 0. The number of amides is 3. The standard InChI is InChI=1S/C18H31N9O7/c19-10(6-28)14(30)27-13(7-29)16(32)26-12(4-9-5-22-8-24-9)15(31)25-11(17(33)34)2-1-3-23-18(20)21/h5,8,10-13,28-29H,1-4,6-7,19H2,(H,22,24)(H,25,31)(H,26,32)(H,27,30)(H,33,34)(H4,20,21,23). The summed E-state index contributed by atoms with van der Waals surface area (Å²) in [6, 6.07) is -5.37. The van der Waals surface area contributed by atoms with Gasteiger partial charge in [-0.1, -0.05) is 0 Å². The molecule has 0 spiro atoms. The van der Waals surface area contributed by atoms with Gasteiger partial charge in [-0.05, 0) is 12.8 Å². The minimum atomic E-state index is -1.47. The van der Waals surface area contributed by atoms with Crippen molar-refractivity contribution in [1.29, 1.82) is 0 Å². The van der Waals surface area contributed by atoms with Gasteiger partial charge in [0.05, 0.1) is 19.5 Å². The van der Waals surface area contributed by atoms with Crippen molar-refractivity contribution in [3.63, 3.8) is 0 Å². The number of nitrogens with one attached hydrogen (secondary N) is 4. The van der Waals surface area contributed by atoms with Crippen molar-refractivity contribution in [3.8, 4) is 0 Å². The van der Waals surface area contributed by atoms with Crippen molar-refractivity contribution in [2.75, 3.05) is 19.8 Å². The van der Waals surface area contributed by atoms with Crippen molar-refractivity contribution < 1.29 is 34.5 Å². The zero-order chi connectivity index (χ0) is 25.7. The molecule has 4 unspecified atom stereocenters. The molecule has 190 valence electrons. The first-order chi connectivity index (χ1) is 16.1. The number of aromatic nitrogens is 2. The number of hydrogen-bond acceptors (Lipinski definition) is 9. The highest BCUT2D eigenvalue weighted by atomic mass is 16.4. The number of carboxylic acid groups (broad SMARTS) is 1. The van der Waals surface area contributed by atoms with Gasteiger partial charge in [0.1, 0.15) is 24.2 Å².